The number of rotatable bonds is 4. The molecule has 0 aliphatic rings. The van der Waals surface area contributed by atoms with Crippen molar-refractivity contribution in [2.45, 2.75) is 0 Å². The second kappa shape index (κ2) is 6.09. The first-order valence-corrected chi connectivity index (χ1v) is 6.60. The van der Waals surface area contributed by atoms with E-state index in [1.54, 1.807) is 43.5 Å². The molecule has 3 aromatic rings. The Bertz CT molecular complexity index is 767. The predicted molar refractivity (Wildman–Crippen MR) is 80.7 cm³/mol. The number of benzene rings is 2. The fourth-order valence-corrected chi connectivity index (χ4v) is 1.87. The minimum Gasteiger partial charge on any atom is -0.497 e. The molecule has 0 aliphatic carbocycles. The molecule has 1 N–H and O–H groups in total. The molecule has 0 aliphatic heterocycles. The zero-order valence-corrected chi connectivity index (χ0v) is 11.8. The van der Waals surface area contributed by atoms with Crippen LogP contribution in [0.4, 0.5) is 5.69 Å². The summed E-state index contributed by atoms with van der Waals surface area (Å²) >= 11 is 0. The smallest absolute Gasteiger partial charge is 0.313 e. The van der Waals surface area contributed by atoms with E-state index < -0.39 is 5.91 Å². The Balaban J connectivity index is 1.76. The number of hydrogen-bond donors (Lipinski definition) is 1. The lowest BCUT2D eigenvalue weighted by atomic mass is 10.2. The lowest BCUT2D eigenvalue weighted by Crippen LogP contribution is -2.12. The number of anilines is 1. The molecule has 110 valence electrons. The van der Waals surface area contributed by atoms with Crippen LogP contribution in [0, 0.1) is 0 Å². The van der Waals surface area contributed by atoms with Crippen molar-refractivity contribution in [2.75, 3.05) is 12.4 Å². The molecule has 1 aromatic heterocycles. The van der Waals surface area contributed by atoms with Crippen LogP contribution in [-0.2, 0) is 0 Å². The van der Waals surface area contributed by atoms with Gasteiger partial charge in [0.25, 0.3) is 0 Å². The van der Waals surface area contributed by atoms with Gasteiger partial charge >= 0.3 is 11.8 Å². The van der Waals surface area contributed by atoms with Crippen molar-refractivity contribution < 1.29 is 13.9 Å². The first kappa shape index (κ1) is 13.8. The Kier molecular flexibility index (Phi) is 3.82. The summed E-state index contributed by atoms with van der Waals surface area (Å²) in [5.74, 6) is 0.472. The summed E-state index contributed by atoms with van der Waals surface area (Å²) in [4.78, 5) is 12.0. The second-order valence-electron chi connectivity index (χ2n) is 4.46. The lowest BCUT2D eigenvalue weighted by Gasteiger charge is -2.01. The lowest BCUT2D eigenvalue weighted by molar-refractivity contribution is 0.0991. The molecule has 0 radical (unpaired) electrons. The Hall–Kier alpha value is -3.15. The summed E-state index contributed by atoms with van der Waals surface area (Å²) in [6.07, 6.45) is 0. The molecule has 0 saturated carbocycles. The van der Waals surface area contributed by atoms with Gasteiger partial charge < -0.3 is 14.5 Å². The number of carbonyl (C=O) groups is 1. The van der Waals surface area contributed by atoms with E-state index in [9.17, 15) is 4.79 Å². The topological polar surface area (TPSA) is 77.2 Å². The maximum atomic E-state index is 12.0. The normalized spacial score (nSPS) is 10.2. The van der Waals surface area contributed by atoms with E-state index in [4.69, 9.17) is 9.15 Å². The largest absolute Gasteiger partial charge is 0.497 e. The van der Waals surface area contributed by atoms with E-state index in [1.807, 2.05) is 18.2 Å². The summed E-state index contributed by atoms with van der Waals surface area (Å²) in [5.41, 5.74) is 1.38. The average molecular weight is 295 g/mol. The fourth-order valence-electron chi connectivity index (χ4n) is 1.87. The summed E-state index contributed by atoms with van der Waals surface area (Å²) in [6, 6.07) is 16.2. The highest BCUT2D eigenvalue weighted by molar-refractivity contribution is 6.00. The van der Waals surface area contributed by atoms with Crippen LogP contribution in [0.25, 0.3) is 11.5 Å². The molecule has 0 spiro atoms. The van der Waals surface area contributed by atoms with E-state index in [0.29, 0.717) is 11.3 Å². The first-order chi connectivity index (χ1) is 10.8. The van der Waals surface area contributed by atoms with Crippen LogP contribution in [0.2, 0.25) is 0 Å². The van der Waals surface area contributed by atoms with E-state index in [2.05, 4.69) is 15.5 Å². The van der Waals surface area contributed by atoms with Crippen LogP contribution in [0.5, 0.6) is 5.75 Å². The van der Waals surface area contributed by atoms with Gasteiger partial charge in [-0.05, 0) is 36.4 Å². The molecular formula is C16H13N3O3. The zero-order valence-electron chi connectivity index (χ0n) is 11.8. The monoisotopic (exact) mass is 295 g/mol. The molecule has 0 saturated heterocycles. The molecule has 1 heterocycles. The van der Waals surface area contributed by atoms with E-state index in [1.165, 1.54) is 0 Å². The third-order valence-corrected chi connectivity index (χ3v) is 2.99. The number of ether oxygens (including phenoxy) is 1. The van der Waals surface area contributed by atoms with Crippen LogP contribution in [0.15, 0.2) is 59.0 Å². The third kappa shape index (κ3) is 2.95. The molecule has 0 fully saturated rings. The molecule has 1 amide bonds. The number of aromatic nitrogens is 2. The van der Waals surface area contributed by atoms with Gasteiger partial charge in [-0.3, -0.25) is 4.79 Å². The van der Waals surface area contributed by atoms with Gasteiger partial charge in [0.2, 0.25) is 5.89 Å². The number of hydrogen-bond acceptors (Lipinski definition) is 5. The molecule has 6 nitrogen and oxygen atoms in total. The Labute approximate surface area is 126 Å². The third-order valence-electron chi connectivity index (χ3n) is 2.99. The summed E-state index contributed by atoms with van der Waals surface area (Å²) in [6.45, 7) is 0. The van der Waals surface area contributed by atoms with Crippen molar-refractivity contribution in [3.63, 3.8) is 0 Å². The number of nitrogens with one attached hydrogen (secondary N) is 1. The summed E-state index contributed by atoms with van der Waals surface area (Å²) < 4.78 is 10.5. The number of amides is 1. The molecule has 0 atom stereocenters. The standard InChI is InChI=1S/C16H13N3O3/c1-21-13-9-7-11(8-10-13)15-18-19-16(22-15)14(20)17-12-5-3-2-4-6-12/h2-10H,1H3,(H,17,20). The van der Waals surface area contributed by atoms with Crippen LogP contribution in [0.3, 0.4) is 0 Å². The van der Waals surface area contributed by atoms with Crippen LogP contribution in [-0.4, -0.2) is 23.2 Å². The number of methoxy groups -OCH3 is 1. The highest BCUT2D eigenvalue weighted by atomic mass is 16.5. The molecule has 3 rings (SSSR count). The molecule has 2 aromatic carbocycles. The van der Waals surface area contributed by atoms with Crippen molar-refractivity contribution in [1.29, 1.82) is 0 Å². The molecular weight excluding hydrogens is 282 g/mol. The van der Waals surface area contributed by atoms with Crippen molar-refractivity contribution in [1.82, 2.24) is 10.2 Å². The van der Waals surface area contributed by atoms with Gasteiger partial charge in [-0.25, -0.2) is 0 Å². The van der Waals surface area contributed by atoms with E-state index >= 15 is 0 Å². The van der Waals surface area contributed by atoms with Crippen molar-refractivity contribution in [3.8, 4) is 17.2 Å². The quantitative estimate of drug-likeness (QED) is 0.800. The first-order valence-electron chi connectivity index (χ1n) is 6.60. The maximum absolute atomic E-state index is 12.0. The molecule has 0 bridgehead atoms. The Morgan fingerprint density at radius 1 is 1.05 bits per heavy atom. The second-order valence-corrected chi connectivity index (χ2v) is 4.46. The van der Waals surface area contributed by atoms with Crippen molar-refractivity contribution in [2.24, 2.45) is 0 Å². The summed E-state index contributed by atoms with van der Waals surface area (Å²) in [7, 11) is 1.59. The maximum Gasteiger partial charge on any atom is 0.313 e. The van der Waals surface area contributed by atoms with Gasteiger partial charge in [0.1, 0.15) is 5.75 Å². The summed E-state index contributed by atoms with van der Waals surface area (Å²) in [5, 5.41) is 10.3. The van der Waals surface area contributed by atoms with Crippen molar-refractivity contribution in [3.05, 3.63) is 60.5 Å². The highest BCUT2D eigenvalue weighted by Crippen LogP contribution is 2.21. The molecule has 0 unspecified atom stereocenters. The van der Waals surface area contributed by atoms with Crippen LogP contribution < -0.4 is 10.1 Å². The number of nitrogens with zero attached hydrogens (tertiary/aromatic N) is 2. The van der Waals surface area contributed by atoms with Gasteiger partial charge in [0.05, 0.1) is 7.11 Å². The SMILES string of the molecule is COc1ccc(-c2nnc(C(=O)Nc3ccccc3)o2)cc1. The van der Waals surface area contributed by atoms with Gasteiger partial charge in [-0.15, -0.1) is 10.2 Å². The van der Waals surface area contributed by atoms with Gasteiger partial charge in [-0.2, -0.15) is 0 Å². The minimum atomic E-state index is -0.446. The molecule has 22 heavy (non-hydrogen) atoms. The minimum absolute atomic E-state index is 0.0883. The number of carbonyl (C=O) groups excluding carboxylic acids is 1. The van der Waals surface area contributed by atoms with Gasteiger partial charge in [0, 0.05) is 11.3 Å². The predicted octanol–water partition coefficient (Wildman–Crippen LogP) is 3.00. The van der Waals surface area contributed by atoms with Crippen LogP contribution >= 0.6 is 0 Å². The Morgan fingerprint density at radius 3 is 2.45 bits per heavy atom. The fraction of sp³-hybridized carbons (Fsp3) is 0.0625. The van der Waals surface area contributed by atoms with E-state index in [-0.39, 0.29) is 11.8 Å². The Morgan fingerprint density at radius 2 is 1.77 bits per heavy atom. The van der Waals surface area contributed by atoms with Gasteiger partial charge in [-0.1, -0.05) is 18.2 Å². The number of para-hydroxylation sites is 1. The molecule has 6 heteroatoms. The average Bonchev–Trinajstić information content (AvgIpc) is 3.06. The van der Waals surface area contributed by atoms with E-state index in [0.717, 1.165) is 5.75 Å². The van der Waals surface area contributed by atoms with Crippen LogP contribution in [0.1, 0.15) is 10.7 Å². The highest BCUT2D eigenvalue weighted by Gasteiger charge is 2.16. The zero-order chi connectivity index (χ0) is 15.4. The van der Waals surface area contributed by atoms with Crippen molar-refractivity contribution >= 4 is 11.6 Å². The van der Waals surface area contributed by atoms with Gasteiger partial charge in [0.15, 0.2) is 0 Å².